The Bertz CT molecular complexity index is 949. The van der Waals surface area contributed by atoms with Crippen LogP contribution < -0.4 is 9.62 Å². The Kier molecular flexibility index (Phi) is 3.78. The summed E-state index contributed by atoms with van der Waals surface area (Å²) in [6, 6.07) is 19.2. The van der Waals surface area contributed by atoms with Gasteiger partial charge in [0, 0.05) is 23.6 Å². The maximum atomic E-state index is 12.3. The van der Waals surface area contributed by atoms with E-state index in [1.807, 2.05) is 18.2 Å². The Morgan fingerprint density at radius 1 is 0.958 bits per heavy atom. The minimum atomic E-state index is -3.50. The van der Waals surface area contributed by atoms with E-state index in [1.54, 1.807) is 29.6 Å². The third-order valence-corrected chi connectivity index (χ3v) is 6.86. The van der Waals surface area contributed by atoms with Crippen molar-refractivity contribution in [1.29, 1.82) is 0 Å². The predicted octanol–water partition coefficient (Wildman–Crippen LogP) is 4.24. The van der Waals surface area contributed by atoms with Crippen LogP contribution in [0.3, 0.4) is 0 Å². The molecule has 0 bridgehead atoms. The van der Waals surface area contributed by atoms with E-state index in [2.05, 4.69) is 27.8 Å². The van der Waals surface area contributed by atoms with Gasteiger partial charge in [0.15, 0.2) is 0 Å². The Balaban J connectivity index is 1.56. The Morgan fingerprint density at radius 3 is 2.50 bits per heavy atom. The molecule has 24 heavy (non-hydrogen) atoms. The maximum Gasteiger partial charge on any atom is 0.271 e. The number of rotatable bonds is 4. The lowest BCUT2D eigenvalue weighted by atomic mass is 10.2. The summed E-state index contributed by atoms with van der Waals surface area (Å²) in [4.78, 5) is 2.26. The summed E-state index contributed by atoms with van der Waals surface area (Å²) in [5.74, 6) is 0. The fraction of sp³-hybridized carbons (Fsp3) is 0.111. The number of thiophene rings is 1. The van der Waals surface area contributed by atoms with Crippen molar-refractivity contribution in [3.05, 3.63) is 71.6 Å². The van der Waals surface area contributed by atoms with Crippen LogP contribution in [-0.2, 0) is 16.4 Å². The van der Waals surface area contributed by atoms with Crippen molar-refractivity contribution in [2.75, 3.05) is 16.2 Å². The number of para-hydroxylation sites is 1. The minimum absolute atomic E-state index is 0.319. The molecule has 1 aliphatic rings. The molecule has 0 saturated carbocycles. The molecule has 0 fully saturated rings. The second-order valence-corrected chi connectivity index (χ2v) is 8.47. The second kappa shape index (κ2) is 5.96. The van der Waals surface area contributed by atoms with Gasteiger partial charge in [0.05, 0.1) is 0 Å². The molecule has 122 valence electrons. The highest BCUT2D eigenvalue weighted by Crippen LogP contribution is 2.34. The number of sulfonamides is 1. The topological polar surface area (TPSA) is 49.4 Å². The molecule has 2 heterocycles. The van der Waals surface area contributed by atoms with Gasteiger partial charge in [-0.05, 0) is 53.8 Å². The smallest absolute Gasteiger partial charge is 0.271 e. The Morgan fingerprint density at radius 2 is 1.75 bits per heavy atom. The normalized spacial score (nSPS) is 13.8. The predicted molar refractivity (Wildman–Crippen MR) is 98.7 cm³/mol. The molecule has 2 aromatic carbocycles. The van der Waals surface area contributed by atoms with Crippen LogP contribution >= 0.6 is 11.3 Å². The number of benzene rings is 2. The fourth-order valence-corrected chi connectivity index (χ4v) is 4.99. The Hall–Kier alpha value is -2.31. The van der Waals surface area contributed by atoms with E-state index in [9.17, 15) is 8.42 Å². The lowest BCUT2D eigenvalue weighted by molar-refractivity contribution is 0.603. The van der Waals surface area contributed by atoms with Gasteiger partial charge in [-0.25, -0.2) is 8.42 Å². The average molecular weight is 356 g/mol. The molecule has 1 aromatic heterocycles. The summed E-state index contributed by atoms with van der Waals surface area (Å²) < 4.78 is 27.5. The molecular weight excluding hydrogens is 340 g/mol. The highest BCUT2D eigenvalue weighted by molar-refractivity contribution is 7.94. The first kappa shape index (κ1) is 15.2. The van der Waals surface area contributed by atoms with Crippen LogP contribution in [0.25, 0.3) is 0 Å². The van der Waals surface area contributed by atoms with Crippen molar-refractivity contribution in [3.63, 3.8) is 0 Å². The van der Waals surface area contributed by atoms with Crippen LogP contribution in [0.1, 0.15) is 5.56 Å². The number of nitrogens with zero attached hydrogens (tertiary/aromatic N) is 1. The first-order chi connectivity index (χ1) is 11.6. The molecule has 4 nitrogen and oxygen atoms in total. The summed E-state index contributed by atoms with van der Waals surface area (Å²) in [5, 5.41) is 1.75. The summed E-state index contributed by atoms with van der Waals surface area (Å²) in [6.07, 6.45) is 1.03. The van der Waals surface area contributed by atoms with E-state index in [0.29, 0.717) is 9.90 Å². The highest BCUT2D eigenvalue weighted by Gasteiger charge is 2.20. The lowest BCUT2D eigenvalue weighted by Crippen LogP contribution is -2.14. The van der Waals surface area contributed by atoms with Crippen molar-refractivity contribution >= 4 is 38.4 Å². The molecule has 0 amide bonds. The molecule has 0 radical (unpaired) electrons. The second-order valence-electron chi connectivity index (χ2n) is 5.61. The molecule has 1 aliphatic heterocycles. The van der Waals surface area contributed by atoms with E-state index in [0.717, 1.165) is 18.7 Å². The molecule has 4 rings (SSSR count). The standard InChI is InChI=1S/C18H16N2O2S2/c21-24(22,18-6-3-13-23-18)19-15-7-9-16(10-8-15)20-12-11-14-4-1-2-5-17(14)20/h1-10,13,19H,11-12H2. The third-order valence-electron chi connectivity index (χ3n) is 4.08. The summed E-state index contributed by atoms with van der Waals surface area (Å²) in [6.45, 7) is 0.944. The molecule has 0 saturated heterocycles. The van der Waals surface area contributed by atoms with E-state index in [-0.39, 0.29) is 0 Å². The van der Waals surface area contributed by atoms with Crippen LogP contribution in [-0.4, -0.2) is 15.0 Å². The van der Waals surface area contributed by atoms with Gasteiger partial charge in [0.1, 0.15) is 4.21 Å². The highest BCUT2D eigenvalue weighted by atomic mass is 32.2. The molecule has 1 N–H and O–H groups in total. The molecule has 3 aromatic rings. The number of hydrogen-bond donors (Lipinski definition) is 1. The van der Waals surface area contributed by atoms with Crippen LogP contribution in [0.2, 0.25) is 0 Å². The SMILES string of the molecule is O=S(=O)(Nc1ccc(N2CCc3ccccc32)cc1)c1cccs1. The summed E-state index contributed by atoms with van der Waals surface area (Å²) in [5.41, 5.74) is 4.21. The van der Waals surface area contributed by atoms with Gasteiger partial charge in [-0.3, -0.25) is 4.72 Å². The number of hydrogen-bond acceptors (Lipinski definition) is 4. The maximum absolute atomic E-state index is 12.3. The van der Waals surface area contributed by atoms with Crippen LogP contribution in [0.15, 0.2) is 70.3 Å². The third kappa shape index (κ3) is 2.79. The number of anilines is 3. The van der Waals surface area contributed by atoms with Crippen molar-refractivity contribution in [3.8, 4) is 0 Å². The molecule has 0 aliphatic carbocycles. The fourth-order valence-electron chi connectivity index (χ4n) is 2.94. The zero-order valence-corrected chi connectivity index (χ0v) is 14.5. The lowest BCUT2D eigenvalue weighted by Gasteiger charge is -2.20. The van der Waals surface area contributed by atoms with Crippen molar-refractivity contribution in [1.82, 2.24) is 0 Å². The van der Waals surface area contributed by atoms with Gasteiger partial charge >= 0.3 is 0 Å². The van der Waals surface area contributed by atoms with Gasteiger partial charge in [-0.1, -0.05) is 24.3 Å². The van der Waals surface area contributed by atoms with Crippen LogP contribution in [0.4, 0.5) is 17.1 Å². The molecule has 6 heteroatoms. The molecule has 0 atom stereocenters. The van der Waals surface area contributed by atoms with Crippen molar-refractivity contribution in [2.24, 2.45) is 0 Å². The zero-order chi connectivity index (χ0) is 16.6. The van der Waals surface area contributed by atoms with Gasteiger partial charge in [-0.2, -0.15) is 0 Å². The van der Waals surface area contributed by atoms with E-state index >= 15 is 0 Å². The van der Waals surface area contributed by atoms with Gasteiger partial charge in [0.25, 0.3) is 10.0 Å². The van der Waals surface area contributed by atoms with Crippen LogP contribution in [0, 0.1) is 0 Å². The monoisotopic (exact) mass is 356 g/mol. The molecular formula is C18H16N2O2S2. The average Bonchev–Trinajstić information content (AvgIpc) is 3.26. The zero-order valence-electron chi connectivity index (χ0n) is 12.8. The summed E-state index contributed by atoms with van der Waals surface area (Å²) in [7, 11) is -3.50. The minimum Gasteiger partial charge on any atom is -0.341 e. The van der Waals surface area contributed by atoms with Gasteiger partial charge in [0.2, 0.25) is 0 Å². The van der Waals surface area contributed by atoms with Gasteiger partial charge in [-0.15, -0.1) is 11.3 Å². The van der Waals surface area contributed by atoms with Crippen molar-refractivity contribution < 1.29 is 8.42 Å². The number of fused-ring (bicyclic) bond motifs is 1. The van der Waals surface area contributed by atoms with E-state index in [1.165, 1.54) is 22.6 Å². The first-order valence-electron chi connectivity index (χ1n) is 7.65. The van der Waals surface area contributed by atoms with Gasteiger partial charge < -0.3 is 4.90 Å². The van der Waals surface area contributed by atoms with Crippen LogP contribution in [0.5, 0.6) is 0 Å². The molecule has 0 spiro atoms. The van der Waals surface area contributed by atoms with E-state index in [4.69, 9.17) is 0 Å². The number of nitrogens with one attached hydrogen (secondary N) is 1. The largest absolute Gasteiger partial charge is 0.341 e. The quantitative estimate of drug-likeness (QED) is 0.760. The molecule has 0 unspecified atom stereocenters. The Labute approximate surface area is 145 Å². The summed E-state index contributed by atoms with van der Waals surface area (Å²) >= 11 is 1.21. The van der Waals surface area contributed by atoms with Crippen molar-refractivity contribution in [2.45, 2.75) is 10.6 Å². The first-order valence-corrected chi connectivity index (χ1v) is 10.0. The van der Waals surface area contributed by atoms with E-state index < -0.39 is 10.0 Å².